The first kappa shape index (κ1) is 13.1. The summed E-state index contributed by atoms with van der Waals surface area (Å²) in [5.41, 5.74) is 1.90. The highest BCUT2D eigenvalue weighted by Crippen LogP contribution is 2.28. The molecule has 102 valence electrons. The van der Waals surface area contributed by atoms with Gasteiger partial charge in [-0.3, -0.25) is 9.69 Å². The van der Waals surface area contributed by atoms with Crippen LogP contribution in [0.25, 0.3) is 0 Å². The second kappa shape index (κ2) is 6.02. The summed E-state index contributed by atoms with van der Waals surface area (Å²) in [5.74, 6) is 0.207. The highest BCUT2D eigenvalue weighted by molar-refractivity contribution is 6.00. The predicted molar refractivity (Wildman–Crippen MR) is 80.8 cm³/mol. The molecule has 1 aliphatic heterocycles. The first-order valence-corrected chi connectivity index (χ1v) is 7.24. The molecule has 1 saturated heterocycles. The lowest BCUT2D eigenvalue weighted by Gasteiger charge is -2.26. The Morgan fingerprint density at radius 3 is 2.00 bits per heavy atom. The van der Waals surface area contributed by atoms with E-state index in [2.05, 4.69) is 17.0 Å². The van der Waals surface area contributed by atoms with Crippen molar-refractivity contribution in [3.8, 4) is 0 Å². The van der Waals surface area contributed by atoms with Crippen LogP contribution >= 0.6 is 0 Å². The zero-order chi connectivity index (χ0) is 13.8. The van der Waals surface area contributed by atoms with Gasteiger partial charge in [-0.1, -0.05) is 60.7 Å². The monoisotopic (exact) mass is 265 g/mol. The van der Waals surface area contributed by atoms with Gasteiger partial charge >= 0.3 is 0 Å². The maximum absolute atomic E-state index is 12.9. The van der Waals surface area contributed by atoms with Gasteiger partial charge in [0.15, 0.2) is 5.78 Å². The number of rotatable bonds is 4. The summed E-state index contributed by atoms with van der Waals surface area (Å²) in [6, 6.07) is 19.6. The maximum Gasteiger partial charge on any atom is 0.184 e. The molecular formula is C18H19NO. The molecule has 2 aromatic rings. The van der Waals surface area contributed by atoms with E-state index in [1.807, 2.05) is 48.5 Å². The van der Waals surface area contributed by atoms with E-state index >= 15 is 0 Å². The molecule has 1 heterocycles. The first-order valence-electron chi connectivity index (χ1n) is 7.24. The topological polar surface area (TPSA) is 20.3 Å². The van der Waals surface area contributed by atoms with E-state index in [1.165, 1.54) is 12.8 Å². The van der Waals surface area contributed by atoms with Gasteiger partial charge in [-0.2, -0.15) is 0 Å². The fraction of sp³-hybridized carbons (Fsp3) is 0.278. The minimum absolute atomic E-state index is 0.138. The fourth-order valence-electron chi connectivity index (χ4n) is 2.92. The number of benzene rings is 2. The van der Waals surface area contributed by atoms with E-state index in [1.54, 1.807) is 0 Å². The Bertz CT molecular complexity index is 558. The van der Waals surface area contributed by atoms with Gasteiger partial charge in [0.1, 0.15) is 0 Å². The Morgan fingerprint density at radius 1 is 0.850 bits per heavy atom. The molecule has 1 fully saturated rings. The van der Waals surface area contributed by atoms with Crippen molar-refractivity contribution in [3.63, 3.8) is 0 Å². The zero-order valence-electron chi connectivity index (χ0n) is 11.5. The van der Waals surface area contributed by atoms with Gasteiger partial charge in [0, 0.05) is 5.56 Å². The number of hydrogen-bond donors (Lipinski definition) is 0. The molecule has 0 amide bonds. The van der Waals surface area contributed by atoms with Crippen LogP contribution in [0.1, 0.15) is 34.8 Å². The number of carbonyl (C=O) groups excluding carboxylic acids is 1. The highest BCUT2D eigenvalue weighted by Gasteiger charge is 2.29. The maximum atomic E-state index is 12.9. The molecule has 2 aromatic carbocycles. The van der Waals surface area contributed by atoms with Crippen molar-refractivity contribution in [2.24, 2.45) is 0 Å². The van der Waals surface area contributed by atoms with Gasteiger partial charge in [0.05, 0.1) is 6.04 Å². The summed E-state index contributed by atoms with van der Waals surface area (Å²) in [5, 5.41) is 0. The number of carbonyl (C=O) groups is 1. The summed E-state index contributed by atoms with van der Waals surface area (Å²) in [4.78, 5) is 15.2. The molecular weight excluding hydrogens is 246 g/mol. The Morgan fingerprint density at radius 2 is 1.40 bits per heavy atom. The van der Waals surface area contributed by atoms with Crippen molar-refractivity contribution in [2.75, 3.05) is 13.1 Å². The summed E-state index contributed by atoms with van der Waals surface area (Å²) >= 11 is 0. The molecule has 3 rings (SSSR count). The average Bonchev–Trinajstić information content (AvgIpc) is 3.03. The summed E-state index contributed by atoms with van der Waals surface area (Å²) < 4.78 is 0. The number of likely N-dealkylation sites (tertiary alicyclic amines) is 1. The molecule has 20 heavy (non-hydrogen) atoms. The number of Topliss-reactive ketones (excluding diaryl/α,β-unsaturated/α-hetero) is 1. The summed E-state index contributed by atoms with van der Waals surface area (Å²) in [6.07, 6.45) is 2.37. The second-order valence-corrected chi connectivity index (χ2v) is 5.29. The Hall–Kier alpha value is -1.93. The van der Waals surface area contributed by atoms with Crippen LogP contribution < -0.4 is 0 Å². The summed E-state index contributed by atoms with van der Waals surface area (Å²) in [7, 11) is 0. The molecule has 0 saturated carbocycles. The molecule has 1 aliphatic rings. The van der Waals surface area contributed by atoms with Crippen molar-refractivity contribution < 1.29 is 4.79 Å². The van der Waals surface area contributed by atoms with Crippen LogP contribution in [0.4, 0.5) is 0 Å². The van der Waals surface area contributed by atoms with E-state index in [0.29, 0.717) is 0 Å². The smallest absolute Gasteiger partial charge is 0.184 e. The van der Waals surface area contributed by atoms with Crippen molar-refractivity contribution >= 4 is 5.78 Å². The molecule has 2 nitrogen and oxygen atoms in total. The molecule has 0 radical (unpaired) electrons. The Balaban J connectivity index is 1.95. The zero-order valence-corrected chi connectivity index (χ0v) is 11.5. The quantitative estimate of drug-likeness (QED) is 0.785. The van der Waals surface area contributed by atoms with Gasteiger partial charge in [-0.25, -0.2) is 0 Å². The lowest BCUT2D eigenvalue weighted by molar-refractivity contribution is 0.0848. The van der Waals surface area contributed by atoms with E-state index in [4.69, 9.17) is 0 Å². The Kier molecular flexibility index (Phi) is 3.93. The predicted octanol–water partition coefficient (Wildman–Crippen LogP) is 3.71. The molecule has 0 unspecified atom stereocenters. The molecule has 1 atom stereocenters. The third-order valence-electron chi connectivity index (χ3n) is 3.93. The third-order valence-corrected chi connectivity index (χ3v) is 3.93. The van der Waals surface area contributed by atoms with Crippen LogP contribution in [0.5, 0.6) is 0 Å². The minimum Gasteiger partial charge on any atom is -0.292 e. The lowest BCUT2D eigenvalue weighted by Crippen LogP contribution is -2.32. The van der Waals surface area contributed by atoms with E-state index < -0.39 is 0 Å². The van der Waals surface area contributed by atoms with Crippen molar-refractivity contribution in [1.82, 2.24) is 4.90 Å². The van der Waals surface area contributed by atoms with Gasteiger partial charge in [0.25, 0.3) is 0 Å². The van der Waals surface area contributed by atoms with E-state index in [-0.39, 0.29) is 11.8 Å². The van der Waals surface area contributed by atoms with Crippen LogP contribution in [0.2, 0.25) is 0 Å². The van der Waals surface area contributed by atoms with Crippen molar-refractivity contribution in [1.29, 1.82) is 0 Å². The fourth-order valence-corrected chi connectivity index (χ4v) is 2.92. The third kappa shape index (κ3) is 2.66. The highest BCUT2D eigenvalue weighted by atomic mass is 16.1. The van der Waals surface area contributed by atoms with Gasteiger partial charge in [-0.15, -0.1) is 0 Å². The Labute approximate surface area is 120 Å². The van der Waals surface area contributed by atoms with Crippen LogP contribution in [0.15, 0.2) is 60.7 Å². The van der Waals surface area contributed by atoms with Gasteiger partial charge in [-0.05, 0) is 31.5 Å². The normalized spacial score (nSPS) is 17.0. The van der Waals surface area contributed by atoms with Crippen molar-refractivity contribution in [2.45, 2.75) is 18.9 Å². The molecule has 0 aliphatic carbocycles. The number of ketones is 1. The molecule has 2 heteroatoms. The van der Waals surface area contributed by atoms with Crippen LogP contribution in [0, 0.1) is 0 Å². The molecule has 0 aromatic heterocycles. The minimum atomic E-state index is -0.138. The van der Waals surface area contributed by atoms with Gasteiger partial charge < -0.3 is 0 Å². The molecule has 0 bridgehead atoms. The summed E-state index contributed by atoms with van der Waals surface area (Å²) in [6.45, 7) is 2.02. The molecule has 0 spiro atoms. The van der Waals surface area contributed by atoms with Crippen LogP contribution in [-0.4, -0.2) is 23.8 Å². The SMILES string of the molecule is O=C(c1ccccc1)[C@@H](c1ccccc1)N1CCCC1. The second-order valence-electron chi connectivity index (χ2n) is 5.29. The number of hydrogen-bond acceptors (Lipinski definition) is 2. The largest absolute Gasteiger partial charge is 0.292 e. The molecule has 0 N–H and O–H groups in total. The van der Waals surface area contributed by atoms with E-state index in [9.17, 15) is 4.79 Å². The number of nitrogens with zero attached hydrogens (tertiary/aromatic N) is 1. The average molecular weight is 265 g/mol. The van der Waals surface area contributed by atoms with Crippen molar-refractivity contribution in [3.05, 3.63) is 71.8 Å². The first-order chi connectivity index (χ1) is 9.86. The van der Waals surface area contributed by atoms with E-state index in [0.717, 1.165) is 24.2 Å². The van der Waals surface area contributed by atoms with Gasteiger partial charge in [0.2, 0.25) is 0 Å². The standard InChI is InChI=1S/C18H19NO/c20-18(16-11-5-2-6-12-16)17(19-13-7-8-14-19)15-9-3-1-4-10-15/h1-6,9-12,17H,7-8,13-14H2/t17-/m1/s1. The lowest BCUT2D eigenvalue weighted by atomic mass is 9.96. The van der Waals surface area contributed by atoms with Crippen LogP contribution in [0.3, 0.4) is 0 Å². The van der Waals surface area contributed by atoms with Crippen LogP contribution in [-0.2, 0) is 0 Å².